The van der Waals surface area contributed by atoms with Crippen molar-refractivity contribution in [2.24, 2.45) is 0 Å². The summed E-state index contributed by atoms with van der Waals surface area (Å²) in [4.78, 5) is 51.5. The SMILES string of the molecule is C=CC(=O)OCCCCCCNC(=O)c1ccc(CNc2ccc3c(c2)nc(Oc2ccc(OCCCCCCOC(=O)C=C)cc2)c2cc(NNc4ccc(C(=N)OCCCCCCOC(=O)C=C)cc4)ccc23)cc1. The van der Waals surface area contributed by atoms with Gasteiger partial charge >= 0.3 is 17.9 Å². The van der Waals surface area contributed by atoms with Gasteiger partial charge in [-0.3, -0.25) is 10.2 Å². The molecule has 16 heteroatoms. The minimum atomic E-state index is -0.413. The Kier molecular flexibility index (Phi) is 23.9. The molecule has 0 aliphatic heterocycles. The molecule has 0 spiro atoms. The smallest absolute Gasteiger partial charge is 0.330 e. The topological polar surface area (TPSA) is 209 Å². The fourth-order valence-electron chi connectivity index (χ4n) is 7.93. The second-order valence-corrected chi connectivity index (χ2v) is 18.0. The van der Waals surface area contributed by atoms with Gasteiger partial charge in [-0.15, -0.1) is 0 Å². The van der Waals surface area contributed by atoms with Crippen LogP contribution in [0.5, 0.6) is 17.4 Å². The minimum Gasteiger partial charge on any atom is -0.494 e. The molecule has 6 rings (SSSR count). The highest BCUT2D eigenvalue weighted by Gasteiger charge is 2.14. The summed E-state index contributed by atoms with van der Waals surface area (Å²) in [6.45, 7) is 13.4. The monoisotopic (exact) mass is 1050 g/mol. The lowest BCUT2D eigenvalue weighted by molar-refractivity contribution is -0.138. The molecule has 5 N–H and O–H groups in total. The van der Waals surface area contributed by atoms with Crippen molar-refractivity contribution >= 4 is 68.5 Å². The predicted molar refractivity (Wildman–Crippen MR) is 303 cm³/mol. The number of carbonyl (C=O) groups excluding carboxylic acids is 4. The van der Waals surface area contributed by atoms with Crippen molar-refractivity contribution in [3.63, 3.8) is 0 Å². The average molecular weight is 1050 g/mol. The number of esters is 3. The number of hydrazine groups is 1. The standard InChI is InChI=1S/C61H70N6O10/c1-4-56(68)73-37-15-8-7-13-35-63-60(71)46-21-19-44(20-22-46)43-64-48-27-34-53-52-33-28-49(67-66-47-25-23-45(24-26-47)59(62)76-40-18-12-11-17-39-75-58(70)6-3)41-54(52)61(65-55(53)42-48)77-51-31-29-50(30-32-51)72-36-14-9-10-16-38-74-57(69)5-2/h4-6,19-34,41-42,62,64,66-67H,1-3,7-18,35-40,43H2,(H,63,71). The fraction of sp³-hybridized carbons (Fsp3) is 0.311. The van der Waals surface area contributed by atoms with E-state index in [1.54, 1.807) is 0 Å². The highest BCUT2D eigenvalue weighted by atomic mass is 16.5. The molecular formula is C61H70N6O10. The summed E-state index contributed by atoms with van der Waals surface area (Å²) in [6.07, 6.45) is 13.8. The third-order valence-electron chi connectivity index (χ3n) is 12.2. The molecule has 1 aromatic heterocycles. The van der Waals surface area contributed by atoms with E-state index in [1.807, 2.05) is 109 Å². The molecular weight excluding hydrogens is 977 g/mol. The zero-order valence-corrected chi connectivity index (χ0v) is 43.7. The van der Waals surface area contributed by atoms with Gasteiger partial charge in [0.1, 0.15) is 11.5 Å². The maximum absolute atomic E-state index is 12.8. The zero-order chi connectivity index (χ0) is 54.5. The first kappa shape index (κ1) is 57.6. The predicted octanol–water partition coefficient (Wildman–Crippen LogP) is 12.6. The van der Waals surface area contributed by atoms with Gasteiger partial charge in [0.2, 0.25) is 11.8 Å². The van der Waals surface area contributed by atoms with Crippen LogP contribution in [0.4, 0.5) is 17.1 Å². The summed E-state index contributed by atoms with van der Waals surface area (Å²) in [5, 5.41) is 17.6. The maximum atomic E-state index is 12.8. The van der Waals surface area contributed by atoms with Crippen LogP contribution < -0.4 is 31.0 Å². The van der Waals surface area contributed by atoms with Crippen molar-refractivity contribution in [3.8, 4) is 17.4 Å². The van der Waals surface area contributed by atoms with Crippen molar-refractivity contribution in [1.29, 1.82) is 5.41 Å². The minimum absolute atomic E-state index is 0.0988. The fourth-order valence-corrected chi connectivity index (χ4v) is 7.93. The van der Waals surface area contributed by atoms with E-state index in [2.05, 4.69) is 41.2 Å². The molecule has 1 heterocycles. The van der Waals surface area contributed by atoms with E-state index in [-0.39, 0.29) is 11.8 Å². The van der Waals surface area contributed by atoms with Crippen LogP contribution in [0.1, 0.15) is 98.5 Å². The van der Waals surface area contributed by atoms with E-state index >= 15 is 0 Å². The molecule has 0 aliphatic rings. The first-order chi connectivity index (χ1) is 37.6. The average Bonchev–Trinajstić information content (AvgIpc) is 3.46. The molecule has 404 valence electrons. The van der Waals surface area contributed by atoms with Gasteiger partial charge in [-0.1, -0.05) is 50.4 Å². The molecule has 77 heavy (non-hydrogen) atoms. The van der Waals surface area contributed by atoms with Gasteiger partial charge in [0.15, 0.2) is 0 Å². The lowest BCUT2D eigenvalue weighted by atomic mass is 10.0. The summed E-state index contributed by atoms with van der Waals surface area (Å²) in [5.74, 6) is 0.467. The molecule has 5 aromatic carbocycles. The lowest BCUT2D eigenvalue weighted by Gasteiger charge is -2.15. The van der Waals surface area contributed by atoms with E-state index < -0.39 is 17.9 Å². The molecule has 0 radical (unpaired) electrons. The van der Waals surface area contributed by atoms with Crippen LogP contribution in [0.3, 0.4) is 0 Å². The Bertz CT molecular complexity index is 2910. The van der Waals surface area contributed by atoms with Crippen molar-refractivity contribution in [2.75, 3.05) is 55.7 Å². The van der Waals surface area contributed by atoms with Crippen LogP contribution in [-0.4, -0.2) is 74.3 Å². The maximum Gasteiger partial charge on any atom is 0.330 e. The first-order valence-electron chi connectivity index (χ1n) is 26.2. The van der Waals surface area contributed by atoms with Crippen LogP contribution in [0, 0.1) is 5.41 Å². The summed E-state index contributed by atoms with van der Waals surface area (Å²) in [6, 6.07) is 34.5. The van der Waals surface area contributed by atoms with Crippen LogP contribution in [0.2, 0.25) is 0 Å². The number of nitrogens with one attached hydrogen (secondary N) is 5. The Morgan fingerprint density at radius 2 is 1.00 bits per heavy atom. The molecule has 1 amide bonds. The number of pyridine rings is 1. The second-order valence-electron chi connectivity index (χ2n) is 18.0. The van der Waals surface area contributed by atoms with E-state index in [1.165, 1.54) is 6.08 Å². The third kappa shape index (κ3) is 19.9. The zero-order valence-electron chi connectivity index (χ0n) is 43.7. The lowest BCUT2D eigenvalue weighted by Crippen LogP contribution is -2.24. The third-order valence-corrected chi connectivity index (χ3v) is 12.2. The van der Waals surface area contributed by atoms with Crippen LogP contribution >= 0.6 is 0 Å². The summed E-state index contributed by atoms with van der Waals surface area (Å²) >= 11 is 0. The Morgan fingerprint density at radius 3 is 1.61 bits per heavy atom. The molecule has 16 nitrogen and oxygen atoms in total. The van der Waals surface area contributed by atoms with Gasteiger partial charge in [-0.05, 0) is 167 Å². The largest absolute Gasteiger partial charge is 0.494 e. The van der Waals surface area contributed by atoms with Gasteiger partial charge in [0, 0.05) is 58.9 Å². The molecule has 0 fully saturated rings. The summed E-state index contributed by atoms with van der Waals surface area (Å²) in [5.41, 5.74) is 12.0. The highest BCUT2D eigenvalue weighted by molar-refractivity contribution is 6.09. The quantitative estimate of drug-likeness (QED) is 0.00367. The van der Waals surface area contributed by atoms with Crippen molar-refractivity contribution in [2.45, 2.75) is 83.6 Å². The molecule has 0 bridgehead atoms. The second kappa shape index (κ2) is 31.9. The molecule has 0 saturated carbocycles. The van der Waals surface area contributed by atoms with Crippen molar-refractivity contribution < 1.29 is 47.6 Å². The highest BCUT2D eigenvalue weighted by Crippen LogP contribution is 2.36. The van der Waals surface area contributed by atoms with Crippen LogP contribution in [0.15, 0.2) is 147 Å². The number of hydrogen-bond donors (Lipinski definition) is 5. The van der Waals surface area contributed by atoms with Gasteiger partial charge in [0.25, 0.3) is 5.91 Å². The van der Waals surface area contributed by atoms with Crippen LogP contribution in [0.25, 0.3) is 21.7 Å². The van der Waals surface area contributed by atoms with Crippen molar-refractivity contribution in [1.82, 2.24) is 10.3 Å². The summed E-state index contributed by atoms with van der Waals surface area (Å²) in [7, 11) is 0. The van der Waals surface area contributed by atoms with Crippen LogP contribution in [-0.2, 0) is 39.9 Å². The van der Waals surface area contributed by atoms with Gasteiger partial charge in [0.05, 0.1) is 49.9 Å². The number of ether oxygens (including phenoxy) is 6. The normalized spacial score (nSPS) is 10.7. The first-order valence-corrected chi connectivity index (χ1v) is 26.2. The van der Waals surface area contributed by atoms with Crippen molar-refractivity contribution in [3.05, 3.63) is 164 Å². The Balaban J connectivity index is 1.07. The Morgan fingerprint density at radius 1 is 0.494 bits per heavy atom. The van der Waals surface area contributed by atoms with Gasteiger partial charge < -0.3 is 49.9 Å². The van der Waals surface area contributed by atoms with Gasteiger partial charge in [-0.2, -0.15) is 0 Å². The molecule has 0 atom stereocenters. The van der Waals surface area contributed by atoms with Gasteiger partial charge in [-0.25, -0.2) is 19.4 Å². The number of aromatic nitrogens is 1. The van der Waals surface area contributed by atoms with E-state index in [0.29, 0.717) is 68.9 Å². The van der Waals surface area contributed by atoms with E-state index in [4.69, 9.17) is 38.8 Å². The van der Waals surface area contributed by atoms with E-state index in [0.717, 1.165) is 139 Å². The Hall–Kier alpha value is -8.66. The number of fused-ring (bicyclic) bond motifs is 3. The number of nitrogens with zero attached hydrogens (tertiary/aromatic N) is 1. The molecule has 6 aromatic rings. The molecule has 0 aliphatic carbocycles. The number of amides is 1. The van der Waals surface area contributed by atoms with E-state index in [9.17, 15) is 19.2 Å². The number of carbonyl (C=O) groups is 4. The number of unbranched alkanes of at least 4 members (excludes halogenated alkanes) is 9. The summed E-state index contributed by atoms with van der Waals surface area (Å²) < 4.78 is 33.3. The number of rotatable bonds is 35. The number of anilines is 3. The molecule has 0 saturated heterocycles. The Labute approximate surface area is 450 Å². The number of hydrogen-bond acceptors (Lipinski definition) is 15. The number of benzene rings is 5. The molecule has 0 unspecified atom stereocenters.